The Bertz CT molecular complexity index is 343. The van der Waals surface area contributed by atoms with Crippen molar-refractivity contribution in [1.82, 2.24) is 4.90 Å². The summed E-state index contributed by atoms with van der Waals surface area (Å²) in [5.74, 6) is 0. The summed E-state index contributed by atoms with van der Waals surface area (Å²) in [4.78, 5) is 12.2. The molecule has 0 aliphatic rings. The Labute approximate surface area is 96.3 Å². The van der Waals surface area contributed by atoms with E-state index in [0.29, 0.717) is 0 Å². The molecule has 0 aliphatic heterocycles. The lowest BCUT2D eigenvalue weighted by molar-refractivity contribution is 0.0588. The van der Waals surface area contributed by atoms with Crippen molar-refractivity contribution in [3.63, 3.8) is 0 Å². The molecule has 0 fully saturated rings. The second-order valence-electron chi connectivity index (χ2n) is 4.66. The normalized spacial score (nSPS) is 14.6. The van der Waals surface area contributed by atoms with Crippen molar-refractivity contribution in [3.05, 3.63) is 0 Å². The lowest BCUT2D eigenvalue weighted by atomic mass is 10.0. The highest BCUT2D eigenvalue weighted by Gasteiger charge is 2.31. The quantitative estimate of drug-likeness (QED) is 0.759. The first kappa shape index (κ1) is 15.2. The standard InChI is InChI=1S/C9H19NO5S/c1-7(6-15-16(5,13)14)10(8(11)12)9(2,3)4/h7H,6H2,1-5H3,(H,11,12). The van der Waals surface area contributed by atoms with Gasteiger partial charge in [0.05, 0.1) is 18.9 Å². The second kappa shape index (κ2) is 5.01. The van der Waals surface area contributed by atoms with Gasteiger partial charge in [0.15, 0.2) is 0 Å². The van der Waals surface area contributed by atoms with Gasteiger partial charge in [-0.25, -0.2) is 4.79 Å². The maximum atomic E-state index is 11.0. The van der Waals surface area contributed by atoms with Crippen LogP contribution in [0.1, 0.15) is 27.7 Å². The largest absolute Gasteiger partial charge is 0.465 e. The highest BCUT2D eigenvalue weighted by Crippen LogP contribution is 2.17. The van der Waals surface area contributed by atoms with Crippen LogP contribution < -0.4 is 0 Å². The molecule has 1 atom stereocenters. The van der Waals surface area contributed by atoms with Crippen molar-refractivity contribution in [1.29, 1.82) is 0 Å². The van der Waals surface area contributed by atoms with Crippen LogP contribution in [0.3, 0.4) is 0 Å². The average Bonchev–Trinajstić information content (AvgIpc) is 1.95. The van der Waals surface area contributed by atoms with Crippen LogP contribution in [0.15, 0.2) is 0 Å². The lowest BCUT2D eigenvalue weighted by Crippen LogP contribution is -2.51. The van der Waals surface area contributed by atoms with Crippen molar-refractivity contribution >= 4 is 16.2 Å². The fourth-order valence-electron chi connectivity index (χ4n) is 1.43. The number of carboxylic acid groups (broad SMARTS) is 1. The van der Waals surface area contributed by atoms with Gasteiger partial charge >= 0.3 is 6.09 Å². The fraction of sp³-hybridized carbons (Fsp3) is 0.889. The van der Waals surface area contributed by atoms with Crippen LogP contribution in [0.4, 0.5) is 4.79 Å². The summed E-state index contributed by atoms with van der Waals surface area (Å²) in [6.07, 6.45) is -0.167. The molecule has 0 radical (unpaired) electrons. The average molecular weight is 253 g/mol. The summed E-state index contributed by atoms with van der Waals surface area (Å²) in [5, 5.41) is 9.03. The number of hydrogen-bond donors (Lipinski definition) is 1. The molecule has 0 aromatic carbocycles. The van der Waals surface area contributed by atoms with E-state index in [0.717, 1.165) is 11.2 Å². The molecule has 0 aromatic heterocycles. The molecular weight excluding hydrogens is 234 g/mol. The molecular formula is C9H19NO5S. The van der Waals surface area contributed by atoms with Gasteiger partial charge in [-0.1, -0.05) is 0 Å². The third kappa shape index (κ3) is 5.32. The van der Waals surface area contributed by atoms with E-state index in [1.807, 2.05) is 0 Å². The van der Waals surface area contributed by atoms with Gasteiger partial charge in [0.25, 0.3) is 10.1 Å². The van der Waals surface area contributed by atoms with Crippen molar-refractivity contribution in [2.75, 3.05) is 12.9 Å². The second-order valence-corrected chi connectivity index (χ2v) is 6.31. The summed E-state index contributed by atoms with van der Waals surface area (Å²) in [5.41, 5.74) is -0.605. The summed E-state index contributed by atoms with van der Waals surface area (Å²) in [6, 6.07) is -0.535. The molecule has 6 nitrogen and oxygen atoms in total. The zero-order chi connectivity index (χ0) is 13.1. The van der Waals surface area contributed by atoms with Gasteiger partial charge in [-0.2, -0.15) is 8.42 Å². The number of amides is 1. The van der Waals surface area contributed by atoms with Crippen LogP contribution in [0.2, 0.25) is 0 Å². The Hall–Kier alpha value is -0.820. The smallest absolute Gasteiger partial charge is 0.408 e. The molecule has 0 saturated heterocycles. The van der Waals surface area contributed by atoms with Crippen LogP contribution in [0.5, 0.6) is 0 Å². The maximum absolute atomic E-state index is 11.0. The predicted octanol–water partition coefficient (Wildman–Crippen LogP) is 1.13. The lowest BCUT2D eigenvalue weighted by Gasteiger charge is -2.37. The molecule has 0 heterocycles. The van der Waals surface area contributed by atoms with Gasteiger partial charge in [0, 0.05) is 5.54 Å². The Morgan fingerprint density at radius 3 is 2.12 bits per heavy atom. The minimum atomic E-state index is -3.54. The van der Waals surface area contributed by atoms with Gasteiger partial charge in [0.1, 0.15) is 0 Å². The van der Waals surface area contributed by atoms with Crippen LogP contribution in [-0.2, 0) is 14.3 Å². The van der Waals surface area contributed by atoms with Crippen molar-refractivity contribution in [2.45, 2.75) is 39.3 Å². The first-order valence-corrected chi connectivity index (χ1v) is 6.63. The van der Waals surface area contributed by atoms with Crippen LogP contribution in [0, 0.1) is 0 Å². The van der Waals surface area contributed by atoms with E-state index in [1.54, 1.807) is 27.7 Å². The van der Waals surface area contributed by atoms with E-state index >= 15 is 0 Å². The highest BCUT2D eigenvalue weighted by atomic mass is 32.2. The summed E-state index contributed by atoms with van der Waals surface area (Å²) >= 11 is 0. The van der Waals surface area contributed by atoms with E-state index in [2.05, 4.69) is 4.18 Å². The SMILES string of the molecule is CC(COS(C)(=O)=O)N(C(=O)O)C(C)(C)C. The number of rotatable bonds is 4. The Balaban J connectivity index is 4.66. The zero-order valence-electron chi connectivity index (χ0n) is 10.2. The van der Waals surface area contributed by atoms with Crippen molar-refractivity contribution in [2.24, 2.45) is 0 Å². The van der Waals surface area contributed by atoms with Crippen LogP contribution >= 0.6 is 0 Å². The number of hydrogen-bond acceptors (Lipinski definition) is 4. The fourth-order valence-corrected chi connectivity index (χ4v) is 1.88. The van der Waals surface area contributed by atoms with Gasteiger partial charge in [0.2, 0.25) is 0 Å². The molecule has 0 aromatic rings. The third-order valence-corrected chi connectivity index (χ3v) is 2.46. The molecule has 1 unspecified atom stereocenters. The van der Waals surface area contributed by atoms with Gasteiger partial charge < -0.3 is 5.11 Å². The van der Waals surface area contributed by atoms with Gasteiger partial charge in [-0.05, 0) is 27.7 Å². The monoisotopic (exact) mass is 253 g/mol. The van der Waals surface area contributed by atoms with Gasteiger partial charge in [-0.3, -0.25) is 9.08 Å². The predicted molar refractivity (Wildman–Crippen MR) is 59.9 cm³/mol. The molecule has 1 amide bonds. The topological polar surface area (TPSA) is 83.9 Å². The van der Waals surface area contributed by atoms with Crippen molar-refractivity contribution < 1.29 is 22.5 Å². The molecule has 1 N–H and O–H groups in total. The minimum absolute atomic E-state index is 0.178. The Morgan fingerprint density at radius 2 is 1.88 bits per heavy atom. The zero-order valence-corrected chi connectivity index (χ0v) is 11.0. The van der Waals surface area contributed by atoms with Gasteiger partial charge in [-0.15, -0.1) is 0 Å². The Kier molecular flexibility index (Phi) is 4.75. The highest BCUT2D eigenvalue weighted by molar-refractivity contribution is 7.85. The van der Waals surface area contributed by atoms with E-state index in [-0.39, 0.29) is 6.61 Å². The summed E-state index contributed by atoms with van der Waals surface area (Å²) in [6.45, 7) is 6.63. The van der Waals surface area contributed by atoms with Crippen LogP contribution in [0.25, 0.3) is 0 Å². The van der Waals surface area contributed by atoms with Crippen molar-refractivity contribution in [3.8, 4) is 0 Å². The maximum Gasteiger partial charge on any atom is 0.408 e. The van der Waals surface area contributed by atoms with E-state index in [9.17, 15) is 13.2 Å². The number of carbonyl (C=O) groups is 1. The van der Waals surface area contributed by atoms with E-state index in [1.165, 1.54) is 0 Å². The molecule has 0 bridgehead atoms. The molecule has 96 valence electrons. The molecule has 0 rings (SSSR count). The Morgan fingerprint density at radius 1 is 1.44 bits per heavy atom. The minimum Gasteiger partial charge on any atom is -0.465 e. The third-order valence-electron chi connectivity index (χ3n) is 1.89. The molecule has 0 spiro atoms. The molecule has 0 saturated carbocycles. The number of nitrogens with zero attached hydrogens (tertiary/aromatic N) is 1. The van der Waals surface area contributed by atoms with Crippen LogP contribution in [-0.4, -0.2) is 49.0 Å². The van der Waals surface area contributed by atoms with E-state index in [4.69, 9.17) is 5.11 Å². The first-order chi connectivity index (χ1) is 6.95. The first-order valence-electron chi connectivity index (χ1n) is 4.82. The van der Waals surface area contributed by atoms with E-state index < -0.39 is 27.8 Å². The molecule has 7 heteroatoms. The molecule has 16 heavy (non-hydrogen) atoms. The molecule has 0 aliphatic carbocycles. The summed E-state index contributed by atoms with van der Waals surface area (Å²) in [7, 11) is -3.54. The summed E-state index contributed by atoms with van der Waals surface area (Å²) < 4.78 is 26.2.